The van der Waals surface area contributed by atoms with Gasteiger partial charge in [0.2, 0.25) is 0 Å². The third-order valence-corrected chi connectivity index (χ3v) is 3.58. The van der Waals surface area contributed by atoms with Crippen LogP contribution in [0.1, 0.15) is 39.1 Å². The summed E-state index contributed by atoms with van der Waals surface area (Å²) < 4.78 is 7.00. The minimum absolute atomic E-state index is 0.227. The smallest absolute Gasteiger partial charge is 0.328 e. The van der Waals surface area contributed by atoms with Gasteiger partial charge >= 0.3 is 5.97 Å². The highest BCUT2D eigenvalue weighted by atomic mass is 16.5. The molecule has 0 amide bonds. The summed E-state index contributed by atoms with van der Waals surface area (Å²) in [5.41, 5.74) is 8.25. The molecule has 1 aromatic heterocycles. The number of esters is 1. The summed E-state index contributed by atoms with van der Waals surface area (Å²) in [5.74, 6) is 1.03. The second kappa shape index (κ2) is 6.16. The van der Waals surface area contributed by atoms with Crippen molar-refractivity contribution in [1.82, 2.24) is 9.55 Å². The molecule has 0 bridgehead atoms. The van der Waals surface area contributed by atoms with Gasteiger partial charge in [0.25, 0.3) is 0 Å². The van der Waals surface area contributed by atoms with Gasteiger partial charge in [-0.25, -0.2) is 9.78 Å². The number of carbonyl (C=O) groups is 1. The van der Waals surface area contributed by atoms with Crippen LogP contribution in [0.25, 0.3) is 11.0 Å². The highest BCUT2D eigenvalue weighted by Gasteiger charge is 2.26. The van der Waals surface area contributed by atoms with Gasteiger partial charge in [-0.1, -0.05) is 20.8 Å². The van der Waals surface area contributed by atoms with E-state index in [1.807, 2.05) is 29.7 Å². The normalized spacial score (nSPS) is 12.8. The van der Waals surface area contributed by atoms with Crippen LogP contribution in [-0.4, -0.2) is 22.6 Å². The highest BCUT2D eigenvalue weighted by molar-refractivity contribution is 5.83. The number of ether oxygens (including phenoxy) is 1. The van der Waals surface area contributed by atoms with Gasteiger partial charge in [-0.2, -0.15) is 0 Å². The van der Waals surface area contributed by atoms with Crippen LogP contribution in [0.15, 0.2) is 18.2 Å². The molecule has 0 saturated heterocycles. The van der Waals surface area contributed by atoms with E-state index in [9.17, 15) is 4.79 Å². The van der Waals surface area contributed by atoms with Crippen molar-refractivity contribution in [3.8, 4) is 0 Å². The van der Waals surface area contributed by atoms with E-state index in [-0.39, 0.29) is 12.0 Å². The molecule has 2 N–H and O–H groups in total. The van der Waals surface area contributed by atoms with Gasteiger partial charge in [-0.3, -0.25) is 0 Å². The zero-order valence-electron chi connectivity index (χ0n) is 13.1. The Bertz CT molecular complexity index is 646. The van der Waals surface area contributed by atoms with Crippen molar-refractivity contribution in [2.24, 2.45) is 5.92 Å². The largest absolute Gasteiger partial charge is 0.467 e. The number of imidazole rings is 1. The van der Waals surface area contributed by atoms with Gasteiger partial charge in [0.05, 0.1) is 18.1 Å². The molecule has 1 aromatic carbocycles. The number of fused-ring (bicyclic) bond motifs is 1. The molecule has 0 aliphatic rings. The number of rotatable bonds is 5. The standard InChI is InChI=1S/C16H23N3O2/c1-5-15-18-12-9-11(17)6-7-13(12)19(15)14(8-10(2)3)16(20)21-4/h6-7,9-10,14H,5,8,17H2,1-4H3. The summed E-state index contributed by atoms with van der Waals surface area (Å²) in [6, 6.07) is 5.25. The highest BCUT2D eigenvalue weighted by Crippen LogP contribution is 2.28. The Labute approximate surface area is 125 Å². The fourth-order valence-electron chi connectivity index (χ4n) is 2.65. The van der Waals surface area contributed by atoms with E-state index < -0.39 is 0 Å². The number of aryl methyl sites for hydroxylation is 1. The SMILES string of the molecule is CCc1nc2cc(N)ccc2n1C(CC(C)C)C(=O)OC. The molecule has 0 fully saturated rings. The van der Waals surface area contributed by atoms with Crippen molar-refractivity contribution >= 4 is 22.7 Å². The number of hydrogen-bond donors (Lipinski definition) is 1. The summed E-state index contributed by atoms with van der Waals surface area (Å²) in [7, 11) is 1.43. The first kappa shape index (κ1) is 15.4. The molecular formula is C16H23N3O2. The van der Waals surface area contributed by atoms with Gasteiger partial charge < -0.3 is 15.0 Å². The van der Waals surface area contributed by atoms with Gasteiger partial charge in [0, 0.05) is 12.1 Å². The molecule has 2 rings (SSSR count). The monoisotopic (exact) mass is 289 g/mol. The topological polar surface area (TPSA) is 70.1 Å². The van der Waals surface area contributed by atoms with E-state index >= 15 is 0 Å². The van der Waals surface area contributed by atoms with Crippen LogP contribution in [0, 0.1) is 5.92 Å². The predicted molar refractivity (Wildman–Crippen MR) is 84.0 cm³/mol. The number of methoxy groups -OCH3 is 1. The van der Waals surface area contributed by atoms with E-state index in [2.05, 4.69) is 18.8 Å². The number of carbonyl (C=O) groups excluding carboxylic acids is 1. The summed E-state index contributed by atoms with van der Waals surface area (Å²) >= 11 is 0. The third-order valence-electron chi connectivity index (χ3n) is 3.58. The van der Waals surface area contributed by atoms with Crippen LogP contribution in [-0.2, 0) is 16.0 Å². The van der Waals surface area contributed by atoms with Crippen LogP contribution in [0.4, 0.5) is 5.69 Å². The molecule has 21 heavy (non-hydrogen) atoms. The Morgan fingerprint density at radius 3 is 2.71 bits per heavy atom. The number of nitrogens with zero attached hydrogens (tertiary/aromatic N) is 2. The molecule has 1 heterocycles. The lowest BCUT2D eigenvalue weighted by molar-refractivity contribution is -0.145. The number of nitrogen functional groups attached to an aromatic ring is 1. The van der Waals surface area contributed by atoms with Crippen molar-refractivity contribution < 1.29 is 9.53 Å². The van der Waals surface area contributed by atoms with Gasteiger partial charge in [0.1, 0.15) is 11.9 Å². The van der Waals surface area contributed by atoms with Gasteiger partial charge in [-0.05, 0) is 30.5 Å². The Morgan fingerprint density at radius 2 is 2.14 bits per heavy atom. The Hall–Kier alpha value is -2.04. The molecule has 0 spiro atoms. The van der Waals surface area contributed by atoms with Gasteiger partial charge in [0.15, 0.2) is 0 Å². The van der Waals surface area contributed by atoms with Crippen LogP contribution in [0.2, 0.25) is 0 Å². The number of aromatic nitrogens is 2. The average molecular weight is 289 g/mol. The molecule has 1 atom stereocenters. The third kappa shape index (κ3) is 3.01. The number of anilines is 1. The molecule has 5 heteroatoms. The van der Waals surface area contributed by atoms with E-state index in [4.69, 9.17) is 10.5 Å². The van der Waals surface area contributed by atoms with E-state index in [1.165, 1.54) is 7.11 Å². The maximum absolute atomic E-state index is 12.2. The van der Waals surface area contributed by atoms with Crippen LogP contribution >= 0.6 is 0 Å². The maximum atomic E-state index is 12.2. The van der Waals surface area contributed by atoms with Gasteiger partial charge in [-0.15, -0.1) is 0 Å². The van der Waals surface area contributed by atoms with Crippen molar-refractivity contribution in [3.05, 3.63) is 24.0 Å². The molecule has 0 aliphatic heterocycles. The van der Waals surface area contributed by atoms with Crippen LogP contribution < -0.4 is 5.73 Å². The molecule has 1 unspecified atom stereocenters. The number of nitrogens with two attached hydrogens (primary N) is 1. The number of hydrogen-bond acceptors (Lipinski definition) is 4. The first-order valence-electron chi connectivity index (χ1n) is 7.32. The Balaban J connectivity index is 2.62. The van der Waals surface area contributed by atoms with Crippen LogP contribution in [0.3, 0.4) is 0 Å². The molecule has 5 nitrogen and oxygen atoms in total. The minimum Gasteiger partial charge on any atom is -0.467 e. The van der Waals surface area contributed by atoms with Crippen molar-refractivity contribution in [2.45, 2.75) is 39.7 Å². The fraction of sp³-hybridized carbons (Fsp3) is 0.500. The maximum Gasteiger partial charge on any atom is 0.328 e. The molecular weight excluding hydrogens is 266 g/mol. The van der Waals surface area contributed by atoms with E-state index in [1.54, 1.807) is 0 Å². The van der Waals surface area contributed by atoms with Crippen molar-refractivity contribution in [3.63, 3.8) is 0 Å². The second-order valence-electron chi connectivity index (χ2n) is 5.67. The summed E-state index contributed by atoms with van der Waals surface area (Å²) in [6.07, 6.45) is 1.47. The molecule has 0 saturated carbocycles. The molecule has 114 valence electrons. The lowest BCUT2D eigenvalue weighted by Gasteiger charge is -2.21. The fourth-order valence-corrected chi connectivity index (χ4v) is 2.65. The first-order chi connectivity index (χ1) is 9.97. The lowest BCUT2D eigenvalue weighted by Crippen LogP contribution is -2.24. The Kier molecular flexibility index (Phi) is 4.50. The molecule has 0 aliphatic carbocycles. The summed E-state index contributed by atoms with van der Waals surface area (Å²) in [6.45, 7) is 6.22. The quantitative estimate of drug-likeness (QED) is 0.678. The summed E-state index contributed by atoms with van der Waals surface area (Å²) in [4.78, 5) is 16.8. The zero-order chi connectivity index (χ0) is 15.6. The first-order valence-corrected chi connectivity index (χ1v) is 7.32. The predicted octanol–water partition coefficient (Wildman–Crippen LogP) is 2.94. The van der Waals surface area contributed by atoms with Crippen molar-refractivity contribution in [1.29, 1.82) is 0 Å². The molecule has 0 radical (unpaired) electrons. The summed E-state index contributed by atoms with van der Waals surface area (Å²) in [5, 5.41) is 0. The Morgan fingerprint density at radius 1 is 1.43 bits per heavy atom. The zero-order valence-corrected chi connectivity index (χ0v) is 13.1. The average Bonchev–Trinajstić information content (AvgIpc) is 2.80. The van der Waals surface area contributed by atoms with Crippen LogP contribution in [0.5, 0.6) is 0 Å². The minimum atomic E-state index is -0.349. The lowest BCUT2D eigenvalue weighted by atomic mass is 10.0. The van der Waals surface area contributed by atoms with E-state index in [0.29, 0.717) is 11.6 Å². The second-order valence-corrected chi connectivity index (χ2v) is 5.67. The molecule has 2 aromatic rings. The van der Waals surface area contributed by atoms with E-state index in [0.717, 1.165) is 29.7 Å². The van der Waals surface area contributed by atoms with Crippen molar-refractivity contribution in [2.75, 3.05) is 12.8 Å². The number of benzene rings is 1.